The lowest BCUT2D eigenvalue weighted by molar-refractivity contribution is 0.353. The highest BCUT2D eigenvalue weighted by Crippen LogP contribution is 2.50. The maximum Gasteiger partial charge on any atom is 0.174 e. The summed E-state index contributed by atoms with van der Waals surface area (Å²) in [7, 11) is 3.30. The molecule has 4 nitrogen and oxygen atoms in total. The van der Waals surface area contributed by atoms with Crippen molar-refractivity contribution in [3.8, 4) is 11.5 Å². The molecule has 168 valence electrons. The van der Waals surface area contributed by atoms with Crippen LogP contribution in [0.5, 0.6) is 11.5 Å². The van der Waals surface area contributed by atoms with Gasteiger partial charge >= 0.3 is 0 Å². The second-order valence-electron chi connectivity index (χ2n) is 8.65. The SMILES string of the molecule is COc1cc(C=Nc2ccc([C@@H]3Nc4ccc(C)cc4[C@@H]4C=CC[C@H]43)cc2)cc(I)c1OC. The number of anilines is 1. The van der Waals surface area contributed by atoms with E-state index in [2.05, 4.69) is 94.4 Å². The molecule has 1 heterocycles. The Morgan fingerprint density at radius 2 is 1.85 bits per heavy atom. The lowest BCUT2D eigenvalue weighted by Gasteiger charge is -2.37. The molecular formula is C28H27IN2O2. The van der Waals surface area contributed by atoms with Gasteiger partial charge in [-0.15, -0.1) is 0 Å². The minimum Gasteiger partial charge on any atom is -0.493 e. The molecule has 0 fully saturated rings. The van der Waals surface area contributed by atoms with Crippen LogP contribution in [-0.4, -0.2) is 20.4 Å². The molecule has 33 heavy (non-hydrogen) atoms. The molecule has 2 aliphatic rings. The fraction of sp³-hybridized carbons (Fsp3) is 0.250. The third-order valence-corrected chi connectivity index (χ3v) is 7.39. The average molecular weight is 550 g/mol. The molecule has 1 aliphatic carbocycles. The van der Waals surface area contributed by atoms with Crippen molar-refractivity contribution in [1.82, 2.24) is 0 Å². The molecule has 0 bridgehead atoms. The fourth-order valence-electron chi connectivity index (χ4n) is 4.97. The Kier molecular flexibility index (Phi) is 6.15. The fourth-order valence-corrected chi connectivity index (χ4v) is 5.82. The zero-order valence-corrected chi connectivity index (χ0v) is 21.2. The van der Waals surface area contributed by atoms with Gasteiger partial charge < -0.3 is 14.8 Å². The summed E-state index contributed by atoms with van der Waals surface area (Å²) < 4.78 is 11.9. The van der Waals surface area contributed by atoms with Crippen molar-refractivity contribution in [3.63, 3.8) is 0 Å². The minimum absolute atomic E-state index is 0.297. The molecular weight excluding hydrogens is 523 g/mol. The standard InChI is InChI=1S/C28H27IN2O2/c1-17-7-12-25-23(13-17)21-5-4-6-22(21)27(31-25)19-8-10-20(11-9-19)30-16-18-14-24(29)28(33-3)26(15-18)32-2/h4-5,7-16,21-22,27,31H,6H2,1-3H3/t21-,22-,27+/m1/s1. The second-order valence-corrected chi connectivity index (χ2v) is 9.82. The molecule has 1 aliphatic heterocycles. The number of ether oxygens (including phenoxy) is 2. The van der Waals surface area contributed by atoms with Crippen LogP contribution in [0.2, 0.25) is 0 Å². The molecule has 0 saturated carbocycles. The van der Waals surface area contributed by atoms with Crippen molar-refractivity contribution in [2.45, 2.75) is 25.3 Å². The lowest BCUT2D eigenvalue weighted by Crippen LogP contribution is -2.29. The topological polar surface area (TPSA) is 42.8 Å². The van der Waals surface area contributed by atoms with E-state index < -0.39 is 0 Å². The summed E-state index contributed by atoms with van der Waals surface area (Å²) in [4.78, 5) is 4.69. The number of nitrogens with one attached hydrogen (secondary N) is 1. The molecule has 1 N–H and O–H groups in total. The molecule has 5 heteroatoms. The van der Waals surface area contributed by atoms with Crippen LogP contribution >= 0.6 is 22.6 Å². The number of fused-ring (bicyclic) bond motifs is 3. The molecule has 0 radical (unpaired) electrons. The van der Waals surface area contributed by atoms with Crippen molar-refractivity contribution < 1.29 is 9.47 Å². The second kappa shape index (κ2) is 9.21. The van der Waals surface area contributed by atoms with E-state index >= 15 is 0 Å². The predicted octanol–water partition coefficient (Wildman–Crippen LogP) is 7.19. The van der Waals surface area contributed by atoms with Gasteiger partial charge in [-0.25, -0.2) is 0 Å². The van der Waals surface area contributed by atoms with Gasteiger partial charge in [-0.2, -0.15) is 0 Å². The van der Waals surface area contributed by atoms with E-state index in [9.17, 15) is 0 Å². The summed E-state index contributed by atoms with van der Waals surface area (Å²) in [6.45, 7) is 2.17. The van der Waals surface area contributed by atoms with Gasteiger partial charge in [-0.1, -0.05) is 42.0 Å². The minimum atomic E-state index is 0.297. The molecule has 0 saturated heterocycles. The zero-order chi connectivity index (χ0) is 22.9. The van der Waals surface area contributed by atoms with Crippen molar-refractivity contribution in [3.05, 3.63) is 92.6 Å². The molecule has 0 amide bonds. The zero-order valence-electron chi connectivity index (χ0n) is 19.0. The Balaban J connectivity index is 1.37. The molecule has 0 aromatic heterocycles. The molecule has 0 unspecified atom stereocenters. The Labute approximate surface area is 208 Å². The van der Waals surface area contributed by atoms with Crippen molar-refractivity contribution in [2.24, 2.45) is 10.9 Å². The smallest absolute Gasteiger partial charge is 0.174 e. The predicted molar refractivity (Wildman–Crippen MR) is 143 cm³/mol. The van der Waals surface area contributed by atoms with E-state index in [0.29, 0.717) is 23.6 Å². The van der Waals surface area contributed by atoms with Gasteiger partial charge in [0, 0.05) is 17.8 Å². The number of aryl methyl sites for hydroxylation is 1. The third kappa shape index (κ3) is 4.26. The van der Waals surface area contributed by atoms with Crippen LogP contribution < -0.4 is 14.8 Å². The number of allylic oxidation sites excluding steroid dienone is 2. The van der Waals surface area contributed by atoms with Gasteiger partial charge in [0.05, 0.1) is 29.5 Å². The maximum atomic E-state index is 5.46. The average Bonchev–Trinajstić information content (AvgIpc) is 3.33. The van der Waals surface area contributed by atoms with Crippen LogP contribution in [0.4, 0.5) is 11.4 Å². The first kappa shape index (κ1) is 22.0. The first-order valence-electron chi connectivity index (χ1n) is 11.2. The Morgan fingerprint density at radius 3 is 2.61 bits per heavy atom. The van der Waals surface area contributed by atoms with E-state index in [1.807, 2.05) is 18.3 Å². The van der Waals surface area contributed by atoms with E-state index in [-0.39, 0.29) is 0 Å². The number of halogens is 1. The highest BCUT2D eigenvalue weighted by Gasteiger charge is 2.37. The van der Waals surface area contributed by atoms with E-state index in [1.165, 1.54) is 22.4 Å². The number of methoxy groups -OCH3 is 2. The highest BCUT2D eigenvalue weighted by molar-refractivity contribution is 14.1. The molecule has 0 spiro atoms. The Hall–Kier alpha value is -2.80. The van der Waals surface area contributed by atoms with Crippen molar-refractivity contribution >= 4 is 40.2 Å². The van der Waals surface area contributed by atoms with Gasteiger partial charge in [0.2, 0.25) is 0 Å². The number of nitrogens with zero attached hydrogens (tertiary/aromatic N) is 1. The van der Waals surface area contributed by atoms with Crippen LogP contribution in [0.1, 0.15) is 40.6 Å². The maximum absolute atomic E-state index is 5.46. The monoisotopic (exact) mass is 550 g/mol. The van der Waals surface area contributed by atoms with Crippen LogP contribution in [0.25, 0.3) is 0 Å². The summed E-state index contributed by atoms with van der Waals surface area (Å²) in [6, 6.07) is 19.6. The Bertz CT molecular complexity index is 1230. The van der Waals surface area contributed by atoms with E-state index in [0.717, 1.165) is 27.0 Å². The summed E-state index contributed by atoms with van der Waals surface area (Å²) in [6.07, 6.45) is 7.70. The highest BCUT2D eigenvalue weighted by atomic mass is 127. The van der Waals surface area contributed by atoms with Gasteiger partial charge in [-0.3, -0.25) is 4.99 Å². The summed E-state index contributed by atoms with van der Waals surface area (Å²) >= 11 is 2.25. The number of aliphatic imine (C=N–C) groups is 1. The largest absolute Gasteiger partial charge is 0.493 e. The first-order chi connectivity index (χ1) is 16.1. The quantitative estimate of drug-likeness (QED) is 0.208. The summed E-state index contributed by atoms with van der Waals surface area (Å²) in [5.74, 6) is 2.48. The molecule has 3 atom stereocenters. The number of benzene rings is 3. The Morgan fingerprint density at radius 1 is 1.03 bits per heavy atom. The van der Waals surface area contributed by atoms with Crippen molar-refractivity contribution in [2.75, 3.05) is 19.5 Å². The van der Waals surface area contributed by atoms with Crippen LogP contribution in [0.3, 0.4) is 0 Å². The number of hydrogen-bond donors (Lipinski definition) is 1. The molecule has 3 aromatic carbocycles. The summed E-state index contributed by atoms with van der Waals surface area (Å²) in [5, 5.41) is 3.81. The van der Waals surface area contributed by atoms with Gasteiger partial charge in [0.25, 0.3) is 0 Å². The summed E-state index contributed by atoms with van der Waals surface area (Å²) in [5.41, 5.74) is 7.21. The van der Waals surface area contributed by atoms with E-state index in [4.69, 9.17) is 9.47 Å². The van der Waals surface area contributed by atoms with Gasteiger partial charge in [0.1, 0.15) is 0 Å². The molecule has 5 rings (SSSR count). The normalized spacial score (nSPS) is 20.9. The van der Waals surface area contributed by atoms with Gasteiger partial charge in [0.15, 0.2) is 11.5 Å². The van der Waals surface area contributed by atoms with Crippen LogP contribution in [0.15, 0.2) is 71.7 Å². The number of hydrogen-bond acceptors (Lipinski definition) is 4. The lowest BCUT2D eigenvalue weighted by atomic mass is 9.76. The van der Waals surface area contributed by atoms with Crippen LogP contribution in [-0.2, 0) is 0 Å². The number of rotatable bonds is 5. The molecule has 3 aromatic rings. The first-order valence-corrected chi connectivity index (χ1v) is 12.2. The van der Waals surface area contributed by atoms with Gasteiger partial charge in [-0.05, 0) is 88.9 Å². The third-order valence-electron chi connectivity index (χ3n) is 6.59. The van der Waals surface area contributed by atoms with Crippen LogP contribution in [0, 0.1) is 16.4 Å². The van der Waals surface area contributed by atoms with E-state index in [1.54, 1.807) is 14.2 Å². The van der Waals surface area contributed by atoms with Crippen molar-refractivity contribution in [1.29, 1.82) is 0 Å².